The fraction of sp³-hybridized carbons (Fsp3) is 0.0833. The number of ether oxygens (including phenoxy) is 1. The molecule has 2 amide bonds. The van der Waals surface area contributed by atoms with Crippen molar-refractivity contribution in [3.05, 3.63) is 96.2 Å². The molecule has 0 aliphatic carbocycles. The van der Waals surface area contributed by atoms with E-state index < -0.39 is 0 Å². The van der Waals surface area contributed by atoms with Crippen molar-refractivity contribution in [2.45, 2.75) is 0 Å². The Morgan fingerprint density at radius 1 is 0.759 bits per heavy atom. The van der Waals surface area contributed by atoms with Crippen LogP contribution in [0.3, 0.4) is 0 Å². The summed E-state index contributed by atoms with van der Waals surface area (Å²) in [5.41, 5.74) is 2.75. The molecular weight excluding hydrogens is 364 g/mol. The highest BCUT2D eigenvalue weighted by molar-refractivity contribution is 6.46. The molecule has 0 N–H and O–H groups in total. The molecule has 4 rings (SSSR count). The minimum Gasteiger partial charge on any atom is -0.497 e. The molecule has 0 bridgehead atoms. The number of methoxy groups -OCH3 is 1. The van der Waals surface area contributed by atoms with Crippen LogP contribution in [0.25, 0.3) is 5.57 Å². The van der Waals surface area contributed by atoms with E-state index in [4.69, 9.17) is 4.74 Å². The lowest BCUT2D eigenvalue weighted by atomic mass is 10.0. The number of likely N-dealkylation sites (N-methyl/N-ethyl adjacent to an activating group) is 1. The third-order valence-electron chi connectivity index (χ3n) is 4.93. The lowest BCUT2D eigenvalue weighted by Gasteiger charge is -2.21. The number of anilines is 2. The molecule has 0 fully saturated rings. The molecule has 0 radical (unpaired) electrons. The summed E-state index contributed by atoms with van der Waals surface area (Å²) in [5, 5.41) is 0. The second kappa shape index (κ2) is 7.64. The topological polar surface area (TPSA) is 49.9 Å². The Bertz CT molecular complexity index is 1070. The molecule has 0 atom stereocenters. The summed E-state index contributed by atoms with van der Waals surface area (Å²) in [6.07, 6.45) is 0. The van der Waals surface area contributed by atoms with Crippen molar-refractivity contribution in [1.29, 1.82) is 0 Å². The molecule has 144 valence electrons. The zero-order valence-electron chi connectivity index (χ0n) is 16.2. The Balaban J connectivity index is 1.87. The largest absolute Gasteiger partial charge is 0.497 e. The molecule has 0 unspecified atom stereocenters. The molecule has 1 heterocycles. The second-order valence-electron chi connectivity index (χ2n) is 6.63. The van der Waals surface area contributed by atoms with E-state index in [1.54, 1.807) is 55.5 Å². The van der Waals surface area contributed by atoms with Crippen LogP contribution >= 0.6 is 0 Å². The van der Waals surface area contributed by atoms with E-state index >= 15 is 0 Å². The zero-order valence-corrected chi connectivity index (χ0v) is 16.2. The molecular formula is C24H20N2O3. The summed E-state index contributed by atoms with van der Waals surface area (Å²) < 4.78 is 5.23. The summed E-state index contributed by atoms with van der Waals surface area (Å²) in [6.45, 7) is 0. The molecule has 0 saturated heterocycles. The van der Waals surface area contributed by atoms with Crippen molar-refractivity contribution in [3.8, 4) is 5.75 Å². The quantitative estimate of drug-likeness (QED) is 0.621. The Morgan fingerprint density at radius 2 is 1.34 bits per heavy atom. The minimum absolute atomic E-state index is 0.343. The lowest BCUT2D eigenvalue weighted by molar-refractivity contribution is -0.120. The van der Waals surface area contributed by atoms with E-state index in [0.717, 1.165) is 5.69 Å². The van der Waals surface area contributed by atoms with Gasteiger partial charge < -0.3 is 9.64 Å². The number of nitrogens with zero attached hydrogens (tertiary/aromatic N) is 2. The third-order valence-corrected chi connectivity index (χ3v) is 4.93. The highest BCUT2D eigenvalue weighted by Gasteiger charge is 2.42. The van der Waals surface area contributed by atoms with Crippen LogP contribution in [0.5, 0.6) is 5.75 Å². The number of imide groups is 1. The van der Waals surface area contributed by atoms with E-state index in [-0.39, 0.29) is 11.8 Å². The van der Waals surface area contributed by atoms with Crippen molar-refractivity contribution >= 4 is 28.8 Å². The first-order chi connectivity index (χ1) is 14.1. The standard InChI is InChI=1S/C24H20N2O3/c1-25(18-9-5-3-6-10-18)22-21(17-13-15-20(29-2)16-14-17)23(27)26(24(22)28)19-11-7-4-8-12-19/h3-16H,1-2H3. The number of carbonyl (C=O) groups excluding carboxylic acids is 2. The van der Waals surface area contributed by atoms with Gasteiger partial charge >= 0.3 is 0 Å². The van der Waals surface area contributed by atoms with Crippen molar-refractivity contribution in [2.75, 3.05) is 24.0 Å². The first kappa shape index (κ1) is 18.5. The molecule has 3 aromatic rings. The van der Waals surface area contributed by atoms with E-state index in [9.17, 15) is 9.59 Å². The molecule has 5 nitrogen and oxygen atoms in total. The molecule has 5 heteroatoms. The SMILES string of the molecule is COc1ccc(C2=C(N(C)c3ccccc3)C(=O)N(c3ccccc3)C2=O)cc1. The monoisotopic (exact) mass is 384 g/mol. The summed E-state index contributed by atoms with van der Waals surface area (Å²) in [5.74, 6) is -0.00785. The van der Waals surface area contributed by atoms with Crippen LogP contribution < -0.4 is 14.5 Å². The van der Waals surface area contributed by atoms with Gasteiger partial charge in [-0.3, -0.25) is 9.59 Å². The third kappa shape index (κ3) is 3.27. The maximum Gasteiger partial charge on any atom is 0.282 e. The van der Waals surface area contributed by atoms with Gasteiger partial charge in [-0.2, -0.15) is 0 Å². The normalized spacial score (nSPS) is 13.8. The maximum absolute atomic E-state index is 13.4. The Labute approximate surface area is 169 Å². The van der Waals surface area contributed by atoms with Crippen LogP contribution in [-0.4, -0.2) is 26.0 Å². The summed E-state index contributed by atoms with van der Waals surface area (Å²) >= 11 is 0. The second-order valence-corrected chi connectivity index (χ2v) is 6.63. The number of carbonyl (C=O) groups is 2. The van der Waals surface area contributed by atoms with Gasteiger partial charge in [0.25, 0.3) is 11.8 Å². The van der Waals surface area contributed by atoms with Gasteiger partial charge in [-0.05, 0) is 42.0 Å². The predicted molar refractivity (Wildman–Crippen MR) is 114 cm³/mol. The zero-order chi connectivity index (χ0) is 20.4. The van der Waals surface area contributed by atoms with Gasteiger partial charge in [0, 0.05) is 12.7 Å². The number of hydrogen-bond acceptors (Lipinski definition) is 4. The van der Waals surface area contributed by atoms with Crippen LogP contribution in [0.15, 0.2) is 90.6 Å². The Kier molecular flexibility index (Phi) is 4.87. The number of benzene rings is 3. The smallest absolute Gasteiger partial charge is 0.282 e. The van der Waals surface area contributed by atoms with Gasteiger partial charge in [-0.25, -0.2) is 4.90 Å². The average Bonchev–Trinajstić information content (AvgIpc) is 3.04. The van der Waals surface area contributed by atoms with E-state index in [0.29, 0.717) is 28.3 Å². The van der Waals surface area contributed by atoms with Crippen molar-refractivity contribution in [2.24, 2.45) is 0 Å². The Hall–Kier alpha value is -3.86. The maximum atomic E-state index is 13.4. The molecule has 29 heavy (non-hydrogen) atoms. The summed E-state index contributed by atoms with van der Waals surface area (Å²) in [4.78, 5) is 29.8. The highest BCUT2D eigenvalue weighted by Crippen LogP contribution is 2.36. The minimum atomic E-state index is -0.349. The van der Waals surface area contributed by atoms with E-state index in [1.165, 1.54) is 4.90 Å². The summed E-state index contributed by atoms with van der Waals surface area (Å²) in [7, 11) is 3.39. The van der Waals surface area contributed by atoms with Gasteiger partial charge in [-0.15, -0.1) is 0 Å². The molecule has 0 aromatic heterocycles. The van der Waals surface area contributed by atoms with Gasteiger partial charge in [-0.1, -0.05) is 48.5 Å². The fourth-order valence-corrected chi connectivity index (χ4v) is 3.44. The van der Waals surface area contributed by atoms with Gasteiger partial charge in [0.05, 0.1) is 18.4 Å². The Morgan fingerprint density at radius 3 is 1.93 bits per heavy atom. The number of hydrogen-bond donors (Lipinski definition) is 0. The number of amides is 2. The fourth-order valence-electron chi connectivity index (χ4n) is 3.44. The van der Waals surface area contributed by atoms with Crippen molar-refractivity contribution < 1.29 is 14.3 Å². The van der Waals surface area contributed by atoms with Crippen LogP contribution in [-0.2, 0) is 9.59 Å². The first-order valence-corrected chi connectivity index (χ1v) is 9.23. The average molecular weight is 384 g/mol. The van der Waals surface area contributed by atoms with Crippen LogP contribution in [0.4, 0.5) is 11.4 Å². The van der Waals surface area contributed by atoms with Gasteiger partial charge in [0.2, 0.25) is 0 Å². The lowest BCUT2D eigenvalue weighted by Crippen LogP contribution is -2.34. The number of rotatable bonds is 5. The van der Waals surface area contributed by atoms with E-state index in [2.05, 4.69) is 0 Å². The van der Waals surface area contributed by atoms with E-state index in [1.807, 2.05) is 48.5 Å². The van der Waals surface area contributed by atoms with Crippen LogP contribution in [0, 0.1) is 0 Å². The van der Waals surface area contributed by atoms with Gasteiger partial charge in [0.15, 0.2) is 0 Å². The van der Waals surface area contributed by atoms with Gasteiger partial charge in [0.1, 0.15) is 11.4 Å². The van der Waals surface area contributed by atoms with Crippen molar-refractivity contribution in [1.82, 2.24) is 0 Å². The first-order valence-electron chi connectivity index (χ1n) is 9.23. The number of para-hydroxylation sites is 2. The molecule has 0 saturated carbocycles. The molecule has 1 aliphatic heterocycles. The van der Waals surface area contributed by atoms with Crippen LogP contribution in [0.2, 0.25) is 0 Å². The summed E-state index contributed by atoms with van der Waals surface area (Å²) in [6, 6.07) is 25.7. The van der Waals surface area contributed by atoms with Crippen molar-refractivity contribution in [3.63, 3.8) is 0 Å². The van der Waals surface area contributed by atoms with Crippen LogP contribution in [0.1, 0.15) is 5.56 Å². The predicted octanol–water partition coefficient (Wildman–Crippen LogP) is 4.12. The molecule has 3 aromatic carbocycles. The molecule has 1 aliphatic rings. The molecule has 0 spiro atoms. The highest BCUT2D eigenvalue weighted by atomic mass is 16.5.